The molecule has 1 aromatic heterocycles. The Morgan fingerprint density at radius 3 is 2.76 bits per heavy atom. The van der Waals surface area contributed by atoms with Crippen molar-refractivity contribution in [2.45, 2.75) is 12.3 Å². The lowest BCUT2D eigenvalue weighted by Crippen LogP contribution is -2.27. The van der Waals surface area contributed by atoms with E-state index in [1.165, 1.54) is 0 Å². The number of aromatic nitrogens is 2. The molecule has 1 aromatic rings. The van der Waals surface area contributed by atoms with Crippen molar-refractivity contribution < 1.29 is 14.6 Å². The topological polar surface area (TPSA) is 102 Å². The van der Waals surface area contributed by atoms with Crippen molar-refractivity contribution >= 4 is 17.7 Å². The van der Waals surface area contributed by atoms with Crippen LogP contribution in [0.5, 0.6) is 0 Å². The van der Waals surface area contributed by atoms with Crippen LogP contribution in [0, 0.1) is 17.8 Å². The first kappa shape index (κ1) is 12.8. The van der Waals surface area contributed by atoms with Gasteiger partial charge in [0.2, 0.25) is 5.95 Å². The Labute approximate surface area is 122 Å². The standard InChI is InChI=1S/C14H18N4O3/c15-14-16-10(7-1-2-21-6-7)3-11(17-14)18-4-8-9(5-18)12(8)13(19)20/h3,7-9,12H,1-2,4-6H2,(H,19,20)(H2,15,16,17)/t7-,8-,9+,12?/m1/s1. The van der Waals surface area contributed by atoms with Crippen LogP contribution in [0.1, 0.15) is 18.0 Å². The molecule has 1 saturated carbocycles. The largest absolute Gasteiger partial charge is 0.481 e. The smallest absolute Gasteiger partial charge is 0.307 e. The number of nitrogens with two attached hydrogens (primary N) is 1. The SMILES string of the molecule is Nc1nc([C@@H]2CCOC2)cc(N2C[C@@H]3C(C(=O)O)[C@@H]3C2)n1. The van der Waals surface area contributed by atoms with E-state index in [1.54, 1.807) is 0 Å². The summed E-state index contributed by atoms with van der Waals surface area (Å²) in [7, 11) is 0. The second-order valence-electron chi connectivity index (χ2n) is 6.17. The zero-order chi connectivity index (χ0) is 14.6. The molecule has 7 heteroatoms. The molecule has 3 fully saturated rings. The fraction of sp³-hybridized carbons (Fsp3) is 0.643. The highest BCUT2D eigenvalue weighted by molar-refractivity contribution is 5.75. The maximum absolute atomic E-state index is 11.0. The number of rotatable bonds is 3. The molecule has 1 unspecified atom stereocenters. The van der Waals surface area contributed by atoms with E-state index in [9.17, 15) is 4.79 Å². The second kappa shape index (κ2) is 4.56. The molecule has 2 aliphatic heterocycles. The first-order valence-electron chi connectivity index (χ1n) is 7.33. The molecule has 3 N–H and O–H groups in total. The zero-order valence-corrected chi connectivity index (χ0v) is 11.6. The van der Waals surface area contributed by atoms with Gasteiger partial charge < -0.3 is 20.5 Å². The Morgan fingerprint density at radius 1 is 1.38 bits per heavy atom. The van der Waals surface area contributed by atoms with Gasteiger partial charge in [0.1, 0.15) is 5.82 Å². The number of anilines is 2. The average molecular weight is 290 g/mol. The van der Waals surface area contributed by atoms with Gasteiger partial charge in [-0.25, -0.2) is 4.98 Å². The molecule has 0 spiro atoms. The van der Waals surface area contributed by atoms with Crippen molar-refractivity contribution in [3.05, 3.63) is 11.8 Å². The number of carbonyl (C=O) groups is 1. The minimum absolute atomic E-state index is 0.164. The third-order valence-electron chi connectivity index (χ3n) is 4.90. The van der Waals surface area contributed by atoms with Gasteiger partial charge in [-0.15, -0.1) is 0 Å². The van der Waals surface area contributed by atoms with Gasteiger partial charge in [-0.1, -0.05) is 0 Å². The molecule has 3 aliphatic rings. The van der Waals surface area contributed by atoms with Crippen LogP contribution in [0.3, 0.4) is 0 Å². The minimum atomic E-state index is -0.671. The van der Waals surface area contributed by atoms with Gasteiger partial charge in [-0.3, -0.25) is 4.79 Å². The average Bonchev–Trinajstić information content (AvgIpc) is 2.89. The van der Waals surface area contributed by atoms with Crippen molar-refractivity contribution in [1.82, 2.24) is 9.97 Å². The van der Waals surface area contributed by atoms with Crippen LogP contribution in [0.25, 0.3) is 0 Å². The van der Waals surface area contributed by atoms with Crippen LogP contribution in [0.4, 0.5) is 11.8 Å². The number of carboxylic acids is 1. The van der Waals surface area contributed by atoms with Gasteiger partial charge in [0, 0.05) is 31.7 Å². The number of fused-ring (bicyclic) bond motifs is 1. The number of carboxylic acid groups (broad SMARTS) is 1. The van der Waals surface area contributed by atoms with Gasteiger partial charge >= 0.3 is 5.97 Å². The normalized spacial score (nSPS) is 34.0. The minimum Gasteiger partial charge on any atom is -0.481 e. The number of hydrogen-bond acceptors (Lipinski definition) is 6. The fourth-order valence-electron chi connectivity index (χ4n) is 3.69. The molecule has 21 heavy (non-hydrogen) atoms. The summed E-state index contributed by atoms with van der Waals surface area (Å²) < 4.78 is 5.40. The summed E-state index contributed by atoms with van der Waals surface area (Å²) >= 11 is 0. The molecule has 0 bridgehead atoms. The summed E-state index contributed by atoms with van der Waals surface area (Å²) in [6.07, 6.45) is 0.961. The Balaban J connectivity index is 1.52. The van der Waals surface area contributed by atoms with Crippen molar-refractivity contribution in [2.75, 3.05) is 36.9 Å². The number of piperidine rings is 1. The first-order chi connectivity index (χ1) is 10.1. The van der Waals surface area contributed by atoms with E-state index in [1.807, 2.05) is 6.07 Å². The lowest BCUT2D eigenvalue weighted by atomic mass is 10.0. The Kier molecular flexibility index (Phi) is 2.78. The maximum Gasteiger partial charge on any atom is 0.307 e. The highest BCUT2D eigenvalue weighted by Gasteiger charge is 2.60. The molecule has 4 rings (SSSR count). The van der Waals surface area contributed by atoms with Crippen molar-refractivity contribution in [1.29, 1.82) is 0 Å². The monoisotopic (exact) mass is 290 g/mol. The van der Waals surface area contributed by atoms with E-state index < -0.39 is 5.97 Å². The number of nitrogens with zero attached hydrogens (tertiary/aromatic N) is 3. The van der Waals surface area contributed by atoms with Gasteiger partial charge in [0.15, 0.2) is 0 Å². The molecular formula is C14H18N4O3. The summed E-state index contributed by atoms with van der Waals surface area (Å²) in [6.45, 7) is 2.94. The van der Waals surface area contributed by atoms with Crippen LogP contribution in [-0.2, 0) is 9.53 Å². The van der Waals surface area contributed by atoms with Crippen LogP contribution in [0.2, 0.25) is 0 Å². The molecule has 1 aliphatic carbocycles. The van der Waals surface area contributed by atoms with Gasteiger partial charge in [-0.05, 0) is 18.3 Å². The third kappa shape index (κ3) is 2.12. The predicted octanol–water partition coefficient (Wildman–Crippen LogP) is 0.329. The molecule has 3 heterocycles. The van der Waals surface area contributed by atoms with Crippen LogP contribution >= 0.6 is 0 Å². The quantitative estimate of drug-likeness (QED) is 0.827. The van der Waals surface area contributed by atoms with Gasteiger partial charge in [-0.2, -0.15) is 4.98 Å². The molecule has 4 atom stereocenters. The van der Waals surface area contributed by atoms with Crippen molar-refractivity contribution in [3.63, 3.8) is 0 Å². The molecular weight excluding hydrogens is 272 g/mol. The molecule has 7 nitrogen and oxygen atoms in total. The lowest BCUT2D eigenvalue weighted by molar-refractivity contribution is -0.139. The maximum atomic E-state index is 11.0. The van der Waals surface area contributed by atoms with Crippen molar-refractivity contribution in [3.8, 4) is 0 Å². The Hall–Kier alpha value is -1.89. The zero-order valence-electron chi connectivity index (χ0n) is 11.6. The summed E-state index contributed by atoms with van der Waals surface area (Å²) in [5.41, 5.74) is 6.77. The van der Waals surface area contributed by atoms with Crippen LogP contribution < -0.4 is 10.6 Å². The Bertz CT molecular complexity index is 576. The van der Waals surface area contributed by atoms with E-state index in [4.69, 9.17) is 15.6 Å². The van der Waals surface area contributed by atoms with E-state index >= 15 is 0 Å². The highest BCUT2D eigenvalue weighted by Crippen LogP contribution is 2.52. The molecule has 0 amide bonds. The predicted molar refractivity (Wildman–Crippen MR) is 74.9 cm³/mol. The molecule has 0 radical (unpaired) electrons. The summed E-state index contributed by atoms with van der Waals surface area (Å²) in [6, 6.07) is 1.98. The van der Waals surface area contributed by atoms with E-state index in [-0.39, 0.29) is 29.6 Å². The highest BCUT2D eigenvalue weighted by atomic mass is 16.5. The summed E-state index contributed by atoms with van der Waals surface area (Å²) in [5, 5.41) is 9.07. The first-order valence-corrected chi connectivity index (χ1v) is 7.33. The van der Waals surface area contributed by atoms with Gasteiger partial charge in [0.25, 0.3) is 0 Å². The van der Waals surface area contributed by atoms with Gasteiger partial charge in [0.05, 0.1) is 18.2 Å². The molecule has 0 aromatic carbocycles. The van der Waals surface area contributed by atoms with E-state index in [0.29, 0.717) is 6.61 Å². The number of ether oxygens (including phenoxy) is 1. The lowest BCUT2D eigenvalue weighted by Gasteiger charge is -2.21. The van der Waals surface area contributed by atoms with E-state index in [2.05, 4.69) is 14.9 Å². The van der Waals surface area contributed by atoms with Crippen LogP contribution in [-0.4, -0.2) is 47.3 Å². The fourth-order valence-corrected chi connectivity index (χ4v) is 3.69. The number of aliphatic carboxylic acids is 1. The Morgan fingerprint density at radius 2 is 2.14 bits per heavy atom. The third-order valence-corrected chi connectivity index (χ3v) is 4.90. The summed E-state index contributed by atoms with van der Waals surface area (Å²) in [4.78, 5) is 21.8. The molecule has 2 saturated heterocycles. The number of nitrogen functional groups attached to an aromatic ring is 1. The number of hydrogen-bond donors (Lipinski definition) is 2. The van der Waals surface area contributed by atoms with Crippen molar-refractivity contribution in [2.24, 2.45) is 17.8 Å². The second-order valence-corrected chi connectivity index (χ2v) is 6.17. The van der Waals surface area contributed by atoms with E-state index in [0.717, 1.165) is 37.6 Å². The van der Waals surface area contributed by atoms with Crippen LogP contribution in [0.15, 0.2) is 6.07 Å². The summed E-state index contributed by atoms with van der Waals surface area (Å²) in [5.74, 6) is 1.08. The molecule has 112 valence electrons.